The normalized spacial score (nSPS) is 29.2. The quantitative estimate of drug-likeness (QED) is 0.101. The van der Waals surface area contributed by atoms with Gasteiger partial charge in [0.25, 0.3) is 0 Å². The maximum Gasteiger partial charge on any atom is 0.305 e. The maximum absolute atomic E-state index is 13.2. The summed E-state index contributed by atoms with van der Waals surface area (Å²) in [7, 11) is 0. The highest BCUT2D eigenvalue weighted by atomic mass is 32.2. The summed E-state index contributed by atoms with van der Waals surface area (Å²) in [6.45, 7) is -0.348. The minimum Gasteiger partial charge on any atom is -0.481 e. The highest BCUT2D eigenvalue weighted by Gasteiger charge is 2.47. The molecule has 0 aliphatic carbocycles. The molecule has 15 nitrogen and oxygen atoms in total. The second-order valence-corrected chi connectivity index (χ2v) is 9.84. The summed E-state index contributed by atoms with van der Waals surface area (Å²) in [5.41, 5.74) is 10.6. The average Bonchev–Trinajstić information content (AvgIpc) is 3.24. The summed E-state index contributed by atoms with van der Waals surface area (Å²) in [6.07, 6.45) is 0.578. The van der Waals surface area contributed by atoms with Crippen LogP contribution in [0.1, 0.15) is 32.1 Å². The number of hydrogen-bond acceptors (Lipinski definition) is 8. The first-order valence-electron chi connectivity index (χ1n) is 11.5. The minimum absolute atomic E-state index is 0.117. The average molecular weight is 527 g/mol. The number of hydrogen-bond donors (Lipinski definition) is 7. The number of carboxylic acids is 1. The van der Waals surface area contributed by atoms with Crippen LogP contribution < -0.4 is 32.7 Å². The largest absolute Gasteiger partial charge is 0.481 e. The third-order valence-corrected chi connectivity index (χ3v) is 7.35. The Bertz CT molecular complexity index is 956. The number of aliphatic carboxylic acids is 1. The van der Waals surface area contributed by atoms with Crippen LogP contribution in [0.3, 0.4) is 0 Å². The highest BCUT2D eigenvalue weighted by Crippen LogP contribution is 2.36. The number of carbonyl (C=O) groups is 6. The molecule has 0 aromatic rings. The van der Waals surface area contributed by atoms with Crippen molar-refractivity contribution in [3.8, 4) is 0 Å². The fraction of sp³-hybridized carbons (Fsp3) is 0.650. The zero-order valence-electron chi connectivity index (χ0n) is 19.4. The molecule has 0 radical (unpaired) electrons. The number of thioether (sulfide) groups is 1. The van der Waals surface area contributed by atoms with Crippen molar-refractivity contribution < 1.29 is 33.9 Å². The van der Waals surface area contributed by atoms with E-state index in [1.807, 2.05) is 0 Å². The highest BCUT2D eigenvalue weighted by molar-refractivity contribution is 8.00. The minimum atomic E-state index is -1.46. The molecule has 3 aliphatic heterocycles. The number of carbonyl (C=O) groups excluding carboxylic acids is 5. The van der Waals surface area contributed by atoms with Gasteiger partial charge in [0.1, 0.15) is 24.2 Å². The molecule has 3 unspecified atom stereocenters. The number of nitrogens with zero attached hydrogens (tertiary/aromatic N) is 2. The van der Waals surface area contributed by atoms with Crippen molar-refractivity contribution in [1.82, 2.24) is 26.2 Å². The van der Waals surface area contributed by atoms with E-state index in [1.54, 1.807) is 0 Å². The number of fused-ring (bicyclic) bond motifs is 1. The Morgan fingerprint density at radius 1 is 1.03 bits per heavy atom. The van der Waals surface area contributed by atoms with Gasteiger partial charge in [-0.25, -0.2) is 0 Å². The molecule has 36 heavy (non-hydrogen) atoms. The molecule has 198 valence electrons. The lowest BCUT2D eigenvalue weighted by molar-refractivity contribution is -0.146. The Labute approximate surface area is 210 Å². The Hall–Kier alpha value is -3.56. The van der Waals surface area contributed by atoms with Crippen LogP contribution >= 0.6 is 11.8 Å². The van der Waals surface area contributed by atoms with Crippen molar-refractivity contribution in [1.29, 1.82) is 0 Å². The maximum atomic E-state index is 13.2. The molecule has 16 heteroatoms. The number of rotatable bonds is 6. The van der Waals surface area contributed by atoms with Gasteiger partial charge in [-0.2, -0.15) is 0 Å². The van der Waals surface area contributed by atoms with E-state index in [1.165, 1.54) is 16.7 Å². The first-order chi connectivity index (χ1) is 17.1. The summed E-state index contributed by atoms with van der Waals surface area (Å²) >= 11 is 1.43. The second-order valence-electron chi connectivity index (χ2n) is 8.63. The predicted molar refractivity (Wildman–Crippen MR) is 127 cm³/mol. The second kappa shape index (κ2) is 11.9. The van der Waals surface area contributed by atoms with Gasteiger partial charge in [0.15, 0.2) is 5.96 Å². The molecule has 0 spiro atoms. The first kappa shape index (κ1) is 27.0. The van der Waals surface area contributed by atoms with Gasteiger partial charge in [0, 0.05) is 12.3 Å². The molecule has 3 heterocycles. The van der Waals surface area contributed by atoms with Crippen LogP contribution in [-0.2, 0) is 28.8 Å². The van der Waals surface area contributed by atoms with Gasteiger partial charge in [-0.15, -0.1) is 11.8 Å². The Kier molecular flexibility index (Phi) is 8.95. The number of piperidine rings is 1. The third kappa shape index (κ3) is 6.77. The molecule has 5 amide bonds. The van der Waals surface area contributed by atoms with Crippen LogP contribution in [0.4, 0.5) is 0 Å². The van der Waals surface area contributed by atoms with Crippen molar-refractivity contribution in [3.63, 3.8) is 0 Å². The molecule has 2 bridgehead atoms. The third-order valence-electron chi connectivity index (χ3n) is 6.00. The summed E-state index contributed by atoms with van der Waals surface area (Å²) in [6, 6.07) is -4.34. The lowest BCUT2D eigenvalue weighted by atomic mass is 10.0. The van der Waals surface area contributed by atoms with Gasteiger partial charge in [-0.1, -0.05) is 0 Å². The van der Waals surface area contributed by atoms with Crippen LogP contribution in [-0.4, -0.2) is 99.9 Å². The van der Waals surface area contributed by atoms with Crippen molar-refractivity contribution in [3.05, 3.63) is 0 Å². The van der Waals surface area contributed by atoms with Crippen molar-refractivity contribution in [2.75, 3.05) is 18.8 Å². The number of amides is 5. The number of aliphatic imine (C=N–C) groups is 1. The van der Waals surface area contributed by atoms with Crippen molar-refractivity contribution in [2.24, 2.45) is 16.5 Å². The molecule has 5 atom stereocenters. The van der Waals surface area contributed by atoms with Crippen LogP contribution in [0.15, 0.2) is 4.99 Å². The SMILES string of the molecule is NC(N)=NCCC[C@@H]1NC(=O)C2CSC3CCC(NC(=O)[C@H](CC(=O)O)NC(=O)CNC1=O)C(=O)N32. The van der Waals surface area contributed by atoms with Crippen LogP contribution in [0, 0.1) is 0 Å². The van der Waals surface area contributed by atoms with Gasteiger partial charge in [-0.3, -0.25) is 33.8 Å². The summed E-state index contributed by atoms with van der Waals surface area (Å²) < 4.78 is 0. The summed E-state index contributed by atoms with van der Waals surface area (Å²) in [4.78, 5) is 80.9. The Morgan fingerprint density at radius 2 is 1.78 bits per heavy atom. The monoisotopic (exact) mass is 526 g/mol. The standard InChI is InChI=1S/C20H30N8O7S/c21-20(22)23-5-1-2-9-16(32)24-7-13(29)25-11(6-15(30)31)17(33)27-10-3-4-14-28(19(10)35)12(8-36-14)18(34)26-9/h9-12,14H,1-8H2,(H,24,32)(H,25,29)(H,26,34)(H,27,33)(H,30,31)(H4,21,22,23)/t9-,10?,11-,12?,14?/m0/s1. The fourth-order valence-corrected chi connectivity index (χ4v) is 5.69. The smallest absolute Gasteiger partial charge is 0.305 e. The lowest BCUT2D eigenvalue weighted by Crippen LogP contribution is -2.61. The molecular formula is C20H30N8O7S. The predicted octanol–water partition coefficient (Wildman–Crippen LogP) is -3.84. The molecule has 0 saturated carbocycles. The molecule has 3 fully saturated rings. The number of carboxylic acid groups (broad SMARTS) is 1. The molecule has 0 aromatic carbocycles. The van der Waals surface area contributed by atoms with E-state index in [4.69, 9.17) is 11.5 Å². The van der Waals surface area contributed by atoms with Crippen LogP contribution in [0.25, 0.3) is 0 Å². The zero-order chi connectivity index (χ0) is 26.4. The molecule has 3 rings (SSSR count). The Balaban J connectivity index is 1.86. The number of guanidine groups is 1. The lowest BCUT2D eigenvalue weighted by Gasteiger charge is -2.37. The van der Waals surface area contributed by atoms with Crippen molar-refractivity contribution in [2.45, 2.75) is 61.6 Å². The van der Waals surface area contributed by atoms with Gasteiger partial charge in [-0.05, 0) is 25.7 Å². The Morgan fingerprint density at radius 3 is 2.47 bits per heavy atom. The summed E-state index contributed by atoms with van der Waals surface area (Å²) in [5.74, 6) is -4.46. The molecule has 9 N–H and O–H groups in total. The van der Waals surface area contributed by atoms with Crippen LogP contribution in [0.5, 0.6) is 0 Å². The molecule has 3 saturated heterocycles. The van der Waals surface area contributed by atoms with E-state index in [0.717, 1.165) is 0 Å². The van der Waals surface area contributed by atoms with E-state index < -0.39 is 72.6 Å². The number of nitrogens with one attached hydrogen (secondary N) is 4. The van der Waals surface area contributed by atoms with Crippen molar-refractivity contribution >= 4 is 53.2 Å². The molecule has 3 aliphatic rings. The van der Waals surface area contributed by atoms with E-state index in [9.17, 15) is 33.9 Å². The molecule has 0 aromatic heterocycles. The van der Waals surface area contributed by atoms with Gasteiger partial charge >= 0.3 is 5.97 Å². The van der Waals surface area contributed by atoms with E-state index in [2.05, 4.69) is 26.3 Å². The zero-order valence-corrected chi connectivity index (χ0v) is 20.2. The van der Waals surface area contributed by atoms with E-state index >= 15 is 0 Å². The van der Waals surface area contributed by atoms with Crippen LogP contribution in [0.2, 0.25) is 0 Å². The van der Waals surface area contributed by atoms with E-state index in [-0.39, 0.29) is 24.3 Å². The topological polar surface area (TPSA) is 238 Å². The van der Waals surface area contributed by atoms with Gasteiger partial charge in [0.05, 0.1) is 18.3 Å². The number of nitrogens with two attached hydrogens (primary N) is 2. The summed E-state index contributed by atoms with van der Waals surface area (Å²) in [5, 5.41) is 18.8. The molecular weight excluding hydrogens is 496 g/mol. The van der Waals surface area contributed by atoms with Gasteiger partial charge in [0.2, 0.25) is 29.5 Å². The fourth-order valence-electron chi connectivity index (χ4n) is 4.26. The van der Waals surface area contributed by atoms with E-state index in [0.29, 0.717) is 25.0 Å². The van der Waals surface area contributed by atoms with Gasteiger partial charge < -0.3 is 42.7 Å². The first-order valence-corrected chi connectivity index (χ1v) is 12.5.